The molecule has 0 aliphatic carbocycles. The monoisotopic (exact) mass is 378 g/mol. The molecular weight excluding hydrogens is 356 g/mol. The Labute approximate surface area is 163 Å². The second kappa shape index (κ2) is 8.39. The molecule has 1 amide bonds. The fourth-order valence-corrected chi connectivity index (χ4v) is 2.85. The molecule has 0 unspecified atom stereocenters. The van der Waals surface area contributed by atoms with E-state index in [1.54, 1.807) is 24.3 Å². The number of phenolic OH excluding ortho intramolecular Hbond substituents is 1. The number of nitrogens with one attached hydrogen (secondary N) is 1. The zero-order valence-electron chi connectivity index (χ0n) is 16.0. The van der Waals surface area contributed by atoms with Gasteiger partial charge in [-0.1, -0.05) is 18.2 Å². The number of methoxy groups -OCH3 is 1. The molecule has 0 saturated carbocycles. The predicted molar refractivity (Wildman–Crippen MR) is 107 cm³/mol. The minimum Gasteiger partial charge on any atom is -0.504 e. The standard InChI is InChI=1S/C21H22N4O3/c1-14-10-15(2)25(24-14)13-16-6-4-7-17(11-16)21(27)23-22-12-18-8-5-9-19(28-3)20(18)26/h4-12,26H,13H2,1-3H3,(H,23,27)/b22-12+. The topological polar surface area (TPSA) is 88.7 Å². The van der Waals surface area contributed by atoms with E-state index in [1.165, 1.54) is 13.3 Å². The summed E-state index contributed by atoms with van der Waals surface area (Å²) in [7, 11) is 1.47. The van der Waals surface area contributed by atoms with Crippen molar-refractivity contribution in [1.82, 2.24) is 15.2 Å². The first-order chi connectivity index (χ1) is 13.5. The van der Waals surface area contributed by atoms with Gasteiger partial charge >= 0.3 is 0 Å². The zero-order chi connectivity index (χ0) is 20.1. The lowest BCUT2D eigenvalue weighted by Gasteiger charge is -2.07. The molecule has 3 rings (SSSR count). The van der Waals surface area contributed by atoms with Crippen molar-refractivity contribution in [3.8, 4) is 11.5 Å². The molecule has 7 heteroatoms. The molecule has 0 aliphatic rings. The van der Waals surface area contributed by atoms with Gasteiger partial charge in [-0.05, 0) is 49.7 Å². The first kappa shape index (κ1) is 19.2. The largest absolute Gasteiger partial charge is 0.504 e. The molecule has 2 aromatic carbocycles. The van der Waals surface area contributed by atoms with E-state index in [9.17, 15) is 9.90 Å². The third-order valence-electron chi connectivity index (χ3n) is 4.24. The first-order valence-electron chi connectivity index (χ1n) is 8.77. The second-order valence-corrected chi connectivity index (χ2v) is 6.38. The van der Waals surface area contributed by atoms with Gasteiger partial charge in [0.05, 0.1) is 25.6 Å². The number of hydrazone groups is 1. The number of phenols is 1. The highest BCUT2D eigenvalue weighted by Gasteiger charge is 2.08. The number of carbonyl (C=O) groups excluding carboxylic acids is 1. The van der Waals surface area contributed by atoms with Crippen LogP contribution in [0.4, 0.5) is 0 Å². The fraction of sp³-hybridized carbons (Fsp3) is 0.190. The lowest BCUT2D eigenvalue weighted by atomic mass is 10.1. The van der Waals surface area contributed by atoms with Gasteiger partial charge in [0.2, 0.25) is 0 Å². The molecule has 2 N–H and O–H groups in total. The Morgan fingerprint density at radius 1 is 1.25 bits per heavy atom. The number of aryl methyl sites for hydroxylation is 2. The van der Waals surface area contributed by atoms with Crippen molar-refractivity contribution >= 4 is 12.1 Å². The van der Waals surface area contributed by atoms with Gasteiger partial charge in [0, 0.05) is 16.8 Å². The maximum atomic E-state index is 12.4. The van der Waals surface area contributed by atoms with Crippen LogP contribution in [0.25, 0.3) is 0 Å². The van der Waals surface area contributed by atoms with E-state index in [0.29, 0.717) is 23.4 Å². The van der Waals surface area contributed by atoms with Crippen LogP contribution in [0.3, 0.4) is 0 Å². The minimum atomic E-state index is -0.339. The highest BCUT2D eigenvalue weighted by molar-refractivity contribution is 5.95. The average molecular weight is 378 g/mol. The average Bonchev–Trinajstić information content (AvgIpc) is 3.00. The Hall–Kier alpha value is -3.61. The maximum absolute atomic E-state index is 12.4. The molecule has 0 saturated heterocycles. The number of benzene rings is 2. The number of nitrogens with zero attached hydrogens (tertiary/aromatic N) is 3. The SMILES string of the molecule is COc1cccc(/C=N/NC(=O)c2cccc(Cn3nc(C)cc3C)c2)c1O. The quantitative estimate of drug-likeness (QED) is 0.510. The van der Waals surface area contributed by atoms with E-state index in [1.807, 2.05) is 42.8 Å². The Morgan fingerprint density at radius 2 is 2.04 bits per heavy atom. The number of aromatic nitrogens is 2. The van der Waals surface area contributed by atoms with Crippen molar-refractivity contribution in [2.24, 2.45) is 5.10 Å². The van der Waals surface area contributed by atoms with E-state index in [2.05, 4.69) is 15.6 Å². The highest BCUT2D eigenvalue weighted by Crippen LogP contribution is 2.27. The summed E-state index contributed by atoms with van der Waals surface area (Å²) in [5.74, 6) is -0.0316. The minimum absolute atomic E-state index is 0.0325. The summed E-state index contributed by atoms with van der Waals surface area (Å²) in [6.07, 6.45) is 1.37. The van der Waals surface area contributed by atoms with Crippen molar-refractivity contribution in [1.29, 1.82) is 0 Å². The summed E-state index contributed by atoms with van der Waals surface area (Å²) in [5, 5.41) is 18.4. The lowest BCUT2D eigenvalue weighted by Crippen LogP contribution is -2.18. The number of para-hydroxylation sites is 1. The fourth-order valence-electron chi connectivity index (χ4n) is 2.85. The van der Waals surface area contributed by atoms with Crippen LogP contribution in [0.1, 0.15) is 32.9 Å². The van der Waals surface area contributed by atoms with Crippen molar-refractivity contribution in [2.45, 2.75) is 20.4 Å². The molecule has 3 aromatic rings. The number of carbonyl (C=O) groups is 1. The molecule has 0 spiro atoms. The van der Waals surface area contributed by atoms with Crippen LogP contribution in [-0.2, 0) is 6.54 Å². The molecular formula is C21H22N4O3. The highest BCUT2D eigenvalue weighted by atomic mass is 16.5. The molecule has 7 nitrogen and oxygen atoms in total. The van der Waals surface area contributed by atoms with Gasteiger partial charge in [0.25, 0.3) is 5.91 Å². The molecule has 0 aliphatic heterocycles. The molecule has 1 aromatic heterocycles. The summed E-state index contributed by atoms with van der Waals surface area (Å²) in [6, 6.07) is 14.4. The molecule has 1 heterocycles. The summed E-state index contributed by atoms with van der Waals surface area (Å²) in [6.45, 7) is 4.53. The van der Waals surface area contributed by atoms with Crippen molar-refractivity contribution in [2.75, 3.05) is 7.11 Å². The van der Waals surface area contributed by atoms with Gasteiger partial charge < -0.3 is 9.84 Å². The second-order valence-electron chi connectivity index (χ2n) is 6.38. The van der Waals surface area contributed by atoms with Gasteiger partial charge in [-0.3, -0.25) is 9.48 Å². The number of ether oxygens (including phenoxy) is 1. The maximum Gasteiger partial charge on any atom is 0.271 e. The number of rotatable bonds is 6. The zero-order valence-corrected chi connectivity index (χ0v) is 16.0. The predicted octanol–water partition coefficient (Wildman–Crippen LogP) is 3.03. The normalized spacial score (nSPS) is 11.0. The third kappa shape index (κ3) is 4.37. The summed E-state index contributed by atoms with van der Waals surface area (Å²) < 4.78 is 6.95. The smallest absolute Gasteiger partial charge is 0.271 e. The van der Waals surface area contributed by atoms with Crippen molar-refractivity contribution in [3.05, 3.63) is 76.6 Å². The molecule has 28 heavy (non-hydrogen) atoms. The Balaban J connectivity index is 1.69. The van der Waals surface area contributed by atoms with Crippen LogP contribution < -0.4 is 10.2 Å². The number of hydrogen-bond donors (Lipinski definition) is 2. The third-order valence-corrected chi connectivity index (χ3v) is 4.24. The Morgan fingerprint density at radius 3 is 2.75 bits per heavy atom. The van der Waals surface area contributed by atoms with Gasteiger partial charge in [0.15, 0.2) is 11.5 Å². The van der Waals surface area contributed by atoms with Gasteiger partial charge in [-0.15, -0.1) is 0 Å². The van der Waals surface area contributed by atoms with E-state index >= 15 is 0 Å². The molecule has 0 atom stereocenters. The number of hydrogen-bond acceptors (Lipinski definition) is 5. The van der Waals surface area contributed by atoms with E-state index in [-0.39, 0.29) is 11.7 Å². The summed E-state index contributed by atoms with van der Waals surface area (Å²) >= 11 is 0. The van der Waals surface area contributed by atoms with Crippen LogP contribution in [0.5, 0.6) is 11.5 Å². The molecule has 144 valence electrons. The van der Waals surface area contributed by atoms with Crippen LogP contribution >= 0.6 is 0 Å². The van der Waals surface area contributed by atoms with Crippen LogP contribution in [0.15, 0.2) is 53.6 Å². The van der Waals surface area contributed by atoms with E-state index in [0.717, 1.165) is 17.0 Å². The molecule has 0 bridgehead atoms. The van der Waals surface area contributed by atoms with Gasteiger partial charge in [-0.25, -0.2) is 5.43 Å². The first-order valence-corrected chi connectivity index (χ1v) is 8.77. The molecule has 0 fully saturated rings. The molecule has 0 radical (unpaired) electrons. The van der Waals surface area contributed by atoms with Crippen LogP contribution in [-0.4, -0.2) is 34.1 Å². The Kier molecular flexibility index (Phi) is 5.74. The number of aromatic hydroxyl groups is 1. The summed E-state index contributed by atoms with van der Waals surface area (Å²) in [5.41, 5.74) is 6.40. The van der Waals surface area contributed by atoms with Gasteiger partial charge in [-0.2, -0.15) is 10.2 Å². The van der Waals surface area contributed by atoms with Crippen LogP contribution in [0.2, 0.25) is 0 Å². The number of amides is 1. The van der Waals surface area contributed by atoms with E-state index < -0.39 is 0 Å². The Bertz CT molecular complexity index is 1020. The lowest BCUT2D eigenvalue weighted by molar-refractivity contribution is 0.0955. The van der Waals surface area contributed by atoms with Gasteiger partial charge in [0.1, 0.15) is 0 Å². The van der Waals surface area contributed by atoms with Crippen molar-refractivity contribution < 1.29 is 14.6 Å². The summed E-state index contributed by atoms with van der Waals surface area (Å²) in [4.78, 5) is 12.4. The van der Waals surface area contributed by atoms with Crippen LogP contribution in [0, 0.1) is 13.8 Å². The van der Waals surface area contributed by atoms with Crippen molar-refractivity contribution in [3.63, 3.8) is 0 Å². The van der Waals surface area contributed by atoms with E-state index in [4.69, 9.17) is 4.74 Å².